The van der Waals surface area contributed by atoms with Gasteiger partial charge in [0, 0.05) is 22.4 Å². The first kappa shape index (κ1) is 25.5. The number of hydrogen-bond acceptors (Lipinski definition) is 4. The molecular weight excluding hydrogens is 448 g/mol. The van der Waals surface area contributed by atoms with E-state index in [4.69, 9.17) is 9.16 Å². The van der Waals surface area contributed by atoms with E-state index in [9.17, 15) is 4.79 Å². The van der Waals surface area contributed by atoms with Crippen LogP contribution >= 0.6 is 15.9 Å². The van der Waals surface area contributed by atoms with Crippen molar-refractivity contribution in [2.75, 3.05) is 12.5 Å². The fourth-order valence-corrected chi connectivity index (χ4v) is 9.87. The summed E-state index contributed by atoms with van der Waals surface area (Å²) in [7, 11) is -0.516. The minimum absolute atomic E-state index is 0.142. The zero-order chi connectivity index (χ0) is 22.0. The van der Waals surface area contributed by atoms with Gasteiger partial charge in [-0.25, -0.2) is 0 Å². The highest BCUT2D eigenvalue weighted by Crippen LogP contribution is 2.43. The molecular formula is C22H35BrN2O3Si. The van der Waals surface area contributed by atoms with Crippen LogP contribution in [0.4, 0.5) is 5.69 Å². The molecule has 29 heavy (non-hydrogen) atoms. The smallest absolute Gasteiger partial charge is 0.240 e. The highest BCUT2D eigenvalue weighted by atomic mass is 79.9. The van der Waals surface area contributed by atoms with Gasteiger partial charge < -0.3 is 9.16 Å². The highest BCUT2D eigenvalue weighted by molar-refractivity contribution is 9.12. The monoisotopic (exact) mass is 482 g/mol. The number of carbonyl (C=O) groups is 1. The lowest BCUT2D eigenvalue weighted by molar-refractivity contribution is -0.122. The number of hydrogen-bond donors (Lipinski definition) is 2. The first-order valence-corrected chi connectivity index (χ1v) is 13.1. The van der Waals surface area contributed by atoms with Crippen LogP contribution in [0.25, 0.3) is 0 Å². The van der Waals surface area contributed by atoms with Crippen molar-refractivity contribution in [3.63, 3.8) is 0 Å². The molecule has 162 valence electrons. The van der Waals surface area contributed by atoms with Gasteiger partial charge >= 0.3 is 0 Å². The quantitative estimate of drug-likeness (QED) is 0.236. The molecule has 0 radical (unpaired) electrons. The van der Waals surface area contributed by atoms with Crippen LogP contribution in [0.3, 0.4) is 0 Å². The van der Waals surface area contributed by atoms with Gasteiger partial charge in [0.25, 0.3) is 0 Å². The van der Waals surface area contributed by atoms with Crippen molar-refractivity contribution in [1.82, 2.24) is 5.43 Å². The van der Waals surface area contributed by atoms with E-state index < -0.39 is 8.32 Å². The van der Waals surface area contributed by atoms with E-state index in [2.05, 4.69) is 79.1 Å². The van der Waals surface area contributed by atoms with Gasteiger partial charge in [-0.1, -0.05) is 59.6 Å². The molecule has 0 spiro atoms. The van der Waals surface area contributed by atoms with Gasteiger partial charge in [0.2, 0.25) is 14.2 Å². The van der Waals surface area contributed by atoms with Gasteiger partial charge in [-0.15, -0.1) is 0 Å². The number of rotatable bonds is 11. The van der Waals surface area contributed by atoms with Crippen LogP contribution in [0.5, 0.6) is 5.75 Å². The molecule has 0 unspecified atom stereocenters. The van der Waals surface area contributed by atoms with E-state index >= 15 is 0 Å². The van der Waals surface area contributed by atoms with Gasteiger partial charge in [-0.3, -0.25) is 15.6 Å². The number of carbonyl (C=O) groups excluding carboxylic acids is 1. The average molecular weight is 484 g/mol. The lowest BCUT2D eigenvalue weighted by Gasteiger charge is -2.44. The lowest BCUT2D eigenvalue weighted by Crippen LogP contribution is -2.51. The van der Waals surface area contributed by atoms with E-state index in [1.54, 1.807) is 7.11 Å². The van der Waals surface area contributed by atoms with Crippen LogP contribution in [-0.2, 0) is 9.22 Å². The van der Waals surface area contributed by atoms with Crippen molar-refractivity contribution < 1.29 is 14.0 Å². The standard InChI is InChI=1S/C22H35BrN2O3Si/c1-16(2)29(17(3)4,18(5)6)28-19(11-10-14-23)15-22(26)25-24-20-12-8-9-13-21(20)27-7/h8-9,12-13,16-19,24H,11,15H2,1-7H3,(H,25,26)/t19-/m0/s1. The number of para-hydroxylation sites is 2. The number of ether oxygens (including phenoxy) is 1. The Morgan fingerprint density at radius 1 is 1.10 bits per heavy atom. The normalized spacial score (nSPS) is 12.5. The second-order valence-corrected chi connectivity index (χ2v) is 13.9. The maximum Gasteiger partial charge on any atom is 0.240 e. The van der Waals surface area contributed by atoms with Crippen LogP contribution in [0.2, 0.25) is 16.6 Å². The largest absolute Gasteiger partial charge is 0.495 e. The highest BCUT2D eigenvalue weighted by Gasteiger charge is 2.46. The molecule has 5 nitrogen and oxygen atoms in total. The summed E-state index contributed by atoms with van der Waals surface area (Å²) in [5.74, 6) is 3.55. The third-order valence-electron chi connectivity index (χ3n) is 5.33. The fourth-order valence-electron chi connectivity index (χ4n) is 4.15. The molecule has 0 aliphatic rings. The Hall–Kier alpha value is -1.49. The molecule has 0 bridgehead atoms. The molecule has 2 N–H and O–H groups in total. The average Bonchev–Trinajstić information content (AvgIpc) is 2.67. The molecule has 1 aromatic rings. The topological polar surface area (TPSA) is 59.6 Å². The number of methoxy groups -OCH3 is 1. The molecule has 0 aliphatic carbocycles. The van der Waals surface area contributed by atoms with E-state index in [1.165, 1.54) is 0 Å². The Bertz CT molecular complexity index is 692. The Morgan fingerprint density at radius 2 is 1.69 bits per heavy atom. The van der Waals surface area contributed by atoms with Gasteiger partial charge in [0.05, 0.1) is 25.3 Å². The summed E-state index contributed by atoms with van der Waals surface area (Å²) in [6, 6.07) is 7.43. The molecule has 0 aromatic heterocycles. The zero-order valence-electron chi connectivity index (χ0n) is 18.6. The Morgan fingerprint density at radius 3 is 2.21 bits per heavy atom. The number of nitrogens with one attached hydrogen (secondary N) is 2. The van der Waals surface area contributed by atoms with Gasteiger partial charge in [-0.2, -0.15) is 0 Å². The van der Waals surface area contributed by atoms with E-state index in [0.29, 0.717) is 34.5 Å². The van der Waals surface area contributed by atoms with Crippen LogP contribution in [0, 0.1) is 10.8 Å². The van der Waals surface area contributed by atoms with Crippen molar-refractivity contribution in [3.8, 4) is 16.5 Å². The van der Waals surface area contributed by atoms with E-state index in [-0.39, 0.29) is 18.4 Å². The maximum absolute atomic E-state index is 12.6. The maximum atomic E-state index is 12.6. The first-order valence-electron chi connectivity index (χ1n) is 10.1. The third-order valence-corrected chi connectivity index (χ3v) is 11.8. The summed E-state index contributed by atoms with van der Waals surface area (Å²) in [6.45, 7) is 13.4. The second-order valence-electron chi connectivity index (χ2n) is 8.11. The van der Waals surface area contributed by atoms with Crippen molar-refractivity contribution in [2.24, 2.45) is 0 Å². The Balaban J connectivity index is 2.91. The van der Waals surface area contributed by atoms with Crippen LogP contribution in [0.1, 0.15) is 54.4 Å². The van der Waals surface area contributed by atoms with Crippen molar-refractivity contribution in [2.45, 2.75) is 77.1 Å². The molecule has 0 aliphatic heterocycles. The van der Waals surface area contributed by atoms with Crippen LogP contribution < -0.4 is 15.6 Å². The summed E-state index contributed by atoms with van der Waals surface area (Å²) >= 11 is 3.16. The van der Waals surface area contributed by atoms with Crippen molar-refractivity contribution in [1.29, 1.82) is 0 Å². The fraction of sp³-hybridized carbons (Fsp3) is 0.591. The third kappa shape index (κ3) is 7.05. The minimum Gasteiger partial charge on any atom is -0.495 e. The molecule has 1 atom stereocenters. The van der Waals surface area contributed by atoms with E-state index in [1.807, 2.05) is 24.3 Å². The summed E-state index contributed by atoms with van der Waals surface area (Å²) in [4.78, 5) is 15.4. The van der Waals surface area contributed by atoms with Crippen LogP contribution in [0.15, 0.2) is 24.3 Å². The number of halogens is 1. The van der Waals surface area contributed by atoms with Crippen LogP contribution in [-0.4, -0.2) is 27.4 Å². The molecule has 1 amide bonds. The predicted molar refractivity (Wildman–Crippen MR) is 127 cm³/mol. The Labute approximate surface area is 185 Å². The lowest BCUT2D eigenvalue weighted by atomic mass is 10.2. The SMILES string of the molecule is COc1ccccc1NNC(=O)C[C@H](CC#CBr)O[Si](C(C)C)(C(C)C)C(C)C. The predicted octanol–water partition coefficient (Wildman–Crippen LogP) is 5.84. The summed E-state index contributed by atoms with van der Waals surface area (Å²) in [5.41, 5.74) is 7.73. The minimum atomic E-state index is -2.11. The summed E-state index contributed by atoms with van der Waals surface area (Å²) in [6.07, 6.45) is 0.497. The molecule has 0 saturated carbocycles. The molecule has 1 rings (SSSR count). The molecule has 0 saturated heterocycles. The Kier molecular flexibility index (Phi) is 10.8. The number of hydrazine groups is 1. The zero-order valence-corrected chi connectivity index (χ0v) is 21.2. The number of benzene rings is 1. The van der Waals surface area contributed by atoms with Gasteiger partial charge in [0.1, 0.15) is 5.75 Å². The number of anilines is 1. The molecule has 7 heteroatoms. The van der Waals surface area contributed by atoms with Gasteiger partial charge in [-0.05, 0) is 33.6 Å². The van der Waals surface area contributed by atoms with Crippen molar-refractivity contribution in [3.05, 3.63) is 24.3 Å². The number of amides is 1. The molecule has 1 aromatic carbocycles. The molecule has 0 fully saturated rings. The first-order chi connectivity index (χ1) is 13.7. The van der Waals surface area contributed by atoms with Crippen molar-refractivity contribution >= 4 is 35.8 Å². The summed E-state index contributed by atoms with van der Waals surface area (Å²) in [5, 5.41) is 0. The summed E-state index contributed by atoms with van der Waals surface area (Å²) < 4.78 is 12.1. The van der Waals surface area contributed by atoms with E-state index in [0.717, 1.165) is 0 Å². The molecule has 0 heterocycles. The van der Waals surface area contributed by atoms with Gasteiger partial charge in [0.15, 0.2) is 0 Å². The second kappa shape index (κ2) is 12.3.